The van der Waals surface area contributed by atoms with Crippen LogP contribution in [0.4, 0.5) is 0 Å². The van der Waals surface area contributed by atoms with Crippen molar-refractivity contribution in [3.8, 4) is 0 Å². The van der Waals surface area contributed by atoms with Crippen LogP contribution < -0.4 is 10.6 Å². The van der Waals surface area contributed by atoms with E-state index in [1.54, 1.807) is 0 Å². The first-order valence-electron chi connectivity index (χ1n) is 8.36. The molecule has 2 fully saturated rings. The highest BCUT2D eigenvalue weighted by Crippen LogP contribution is 2.34. The molecule has 1 heterocycles. The Morgan fingerprint density at radius 3 is 2.48 bits per heavy atom. The minimum atomic E-state index is -0.328. The third kappa shape index (κ3) is 3.13. The van der Waals surface area contributed by atoms with Gasteiger partial charge in [-0.2, -0.15) is 0 Å². The molecule has 1 aromatic rings. The van der Waals surface area contributed by atoms with E-state index < -0.39 is 0 Å². The molecule has 2 N–H and O–H groups in total. The third-order valence-corrected chi connectivity index (χ3v) is 5.24. The summed E-state index contributed by atoms with van der Waals surface area (Å²) < 4.78 is 0. The Balaban J connectivity index is 1.73. The molecule has 1 aliphatic carbocycles. The van der Waals surface area contributed by atoms with E-state index in [9.17, 15) is 4.79 Å². The van der Waals surface area contributed by atoms with E-state index in [2.05, 4.69) is 22.8 Å². The molecular weight excluding hydrogens is 260 g/mol. The van der Waals surface area contributed by atoms with Crippen LogP contribution in [0.15, 0.2) is 30.3 Å². The highest BCUT2D eigenvalue weighted by molar-refractivity contribution is 5.88. The number of hydrogen-bond acceptors (Lipinski definition) is 2. The van der Waals surface area contributed by atoms with E-state index in [0.717, 1.165) is 32.5 Å². The molecule has 1 aliphatic heterocycles. The minimum Gasteiger partial charge on any atom is -0.355 e. The summed E-state index contributed by atoms with van der Waals surface area (Å²) in [4.78, 5) is 12.9. The average molecular weight is 286 g/mol. The number of rotatable bonds is 4. The van der Waals surface area contributed by atoms with Gasteiger partial charge in [0.2, 0.25) is 5.91 Å². The number of piperidine rings is 1. The first kappa shape index (κ1) is 14.6. The van der Waals surface area contributed by atoms with Crippen molar-refractivity contribution in [2.75, 3.05) is 19.6 Å². The summed E-state index contributed by atoms with van der Waals surface area (Å²) in [5, 5.41) is 6.65. The molecule has 1 amide bonds. The number of benzene rings is 1. The van der Waals surface area contributed by atoms with Crippen molar-refractivity contribution < 1.29 is 4.79 Å². The lowest BCUT2D eigenvalue weighted by molar-refractivity contribution is -0.128. The second-order valence-electron chi connectivity index (χ2n) is 6.56. The zero-order valence-corrected chi connectivity index (χ0v) is 12.7. The van der Waals surface area contributed by atoms with Gasteiger partial charge in [-0.25, -0.2) is 0 Å². The van der Waals surface area contributed by atoms with E-state index in [-0.39, 0.29) is 11.3 Å². The lowest BCUT2D eigenvalue weighted by Gasteiger charge is -2.37. The van der Waals surface area contributed by atoms with Gasteiger partial charge in [0, 0.05) is 6.54 Å². The van der Waals surface area contributed by atoms with Crippen LogP contribution in [0.2, 0.25) is 0 Å². The third-order valence-electron chi connectivity index (χ3n) is 5.24. The van der Waals surface area contributed by atoms with Crippen LogP contribution in [0.3, 0.4) is 0 Å². The molecule has 114 valence electrons. The van der Waals surface area contributed by atoms with Gasteiger partial charge in [-0.05, 0) is 50.3 Å². The smallest absolute Gasteiger partial charge is 0.230 e. The fraction of sp³-hybridized carbons (Fsp3) is 0.611. The van der Waals surface area contributed by atoms with Crippen molar-refractivity contribution in [2.24, 2.45) is 5.92 Å². The normalized spacial score (nSPS) is 22.1. The Morgan fingerprint density at radius 2 is 1.81 bits per heavy atom. The SMILES string of the molecule is O=C(NCC1CCCC1)C1(c2ccccc2)CCNCC1. The van der Waals surface area contributed by atoms with Gasteiger partial charge < -0.3 is 10.6 Å². The van der Waals surface area contributed by atoms with Gasteiger partial charge in [-0.1, -0.05) is 43.2 Å². The van der Waals surface area contributed by atoms with Crippen LogP contribution in [-0.4, -0.2) is 25.5 Å². The van der Waals surface area contributed by atoms with Crippen molar-refractivity contribution in [3.05, 3.63) is 35.9 Å². The zero-order valence-electron chi connectivity index (χ0n) is 12.7. The van der Waals surface area contributed by atoms with Gasteiger partial charge in [0.25, 0.3) is 0 Å². The number of hydrogen-bond donors (Lipinski definition) is 2. The first-order valence-corrected chi connectivity index (χ1v) is 8.36. The largest absolute Gasteiger partial charge is 0.355 e. The summed E-state index contributed by atoms with van der Waals surface area (Å²) in [5.74, 6) is 0.936. The second-order valence-corrected chi connectivity index (χ2v) is 6.56. The minimum absolute atomic E-state index is 0.238. The molecule has 0 unspecified atom stereocenters. The molecule has 1 saturated carbocycles. The number of amides is 1. The molecule has 3 nitrogen and oxygen atoms in total. The predicted octanol–water partition coefficient (Wildman–Crippen LogP) is 2.61. The van der Waals surface area contributed by atoms with Crippen LogP contribution in [0.1, 0.15) is 44.1 Å². The van der Waals surface area contributed by atoms with Crippen LogP contribution in [0.5, 0.6) is 0 Å². The maximum absolute atomic E-state index is 12.9. The fourth-order valence-corrected chi connectivity index (χ4v) is 3.88. The molecule has 0 bridgehead atoms. The molecule has 3 heteroatoms. The Bertz CT molecular complexity index is 459. The highest BCUT2D eigenvalue weighted by Gasteiger charge is 2.41. The zero-order chi connectivity index (χ0) is 14.5. The lowest BCUT2D eigenvalue weighted by Crippen LogP contribution is -2.51. The molecule has 1 saturated heterocycles. The summed E-state index contributed by atoms with van der Waals surface area (Å²) in [5.41, 5.74) is 0.848. The molecule has 2 aliphatic rings. The molecule has 1 aromatic carbocycles. The predicted molar refractivity (Wildman–Crippen MR) is 85.2 cm³/mol. The molecule has 0 atom stereocenters. The van der Waals surface area contributed by atoms with Gasteiger partial charge in [0.1, 0.15) is 0 Å². The molecule has 0 radical (unpaired) electrons. The molecule has 3 rings (SSSR count). The van der Waals surface area contributed by atoms with E-state index >= 15 is 0 Å². The summed E-state index contributed by atoms with van der Waals surface area (Å²) >= 11 is 0. The van der Waals surface area contributed by atoms with E-state index in [1.807, 2.05) is 18.2 Å². The topological polar surface area (TPSA) is 41.1 Å². The Labute approximate surface area is 127 Å². The highest BCUT2D eigenvalue weighted by atomic mass is 16.2. The van der Waals surface area contributed by atoms with Crippen molar-refractivity contribution >= 4 is 5.91 Å². The first-order chi connectivity index (χ1) is 10.3. The standard InChI is InChI=1S/C18H26N2O/c21-17(20-14-15-6-4-5-7-15)18(10-12-19-13-11-18)16-8-2-1-3-9-16/h1-3,8-9,15,19H,4-7,10-14H2,(H,20,21). The summed E-state index contributed by atoms with van der Waals surface area (Å²) in [6, 6.07) is 10.3. The Kier molecular flexibility index (Phi) is 4.59. The maximum atomic E-state index is 12.9. The van der Waals surface area contributed by atoms with Gasteiger partial charge in [-0.15, -0.1) is 0 Å². The number of carbonyl (C=O) groups excluding carboxylic acids is 1. The lowest BCUT2D eigenvalue weighted by atomic mass is 9.72. The quantitative estimate of drug-likeness (QED) is 0.893. The van der Waals surface area contributed by atoms with E-state index in [1.165, 1.54) is 31.2 Å². The summed E-state index contributed by atoms with van der Waals surface area (Å²) in [6.45, 7) is 2.71. The molecule has 21 heavy (non-hydrogen) atoms. The van der Waals surface area contributed by atoms with Gasteiger partial charge in [-0.3, -0.25) is 4.79 Å². The summed E-state index contributed by atoms with van der Waals surface area (Å²) in [7, 11) is 0. The number of carbonyl (C=O) groups is 1. The van der Waals surface area contributed by atoms with Crippen molar-refractivity contribution in [1.82, 2.24) is 10.6 Å². The second kappa shape index (κ2) is 6.61. The van der Waals surface area contributed by atoms with Gasteiger partial charge >= 0.3 is 0 Å². The van der Waals surface area contributed by atoms with E-state index in [0.29, 0.717) is 5.92 Å². The Hall–Kier alpha value is -1.35. The van der Waals surface area contributed by atoms with Crippen LogP contribution >= 0.6 is 0 Å². The summed E-state index contributed by atoms with van der Waals surface area (Å²) in [6.07, 6.45) is 7.00. The van der Waals surface area contributed by atoms with Crippen molar-refractivity contribution in [3.63, 3.8) is 0 Å². The Morgan fingerprint density at radius 1 is 1.14 bits per heavy atom. The van der Waals surface area contributed by atoms with E-state index in [4.69, 9.17) is 0 Å². The van der Waals surface area contributed by atoms with Gasteiger partial charge in [0.05, 0.1) is 5.41 Å². The van der Waals surface area contributed by atoms with Crippen LogP contribution in [0.25, 0.3) is 0 Å². The fourth-order valence-electron chi connectivity index (χ4n) is 3.88. The van der Waals surface area contributed by atoms with Gasteiger partial charge in [0.15, 0.2) is 0 Å². The average Bonchev–Trinajstić information content (AvgIpc) is 3.07. The monoisotopic (exact) mass is 286 g/mol. The van der Waals surface area contributed by atoms with Crippen LogP contribution in [0, 0.1) is 5.92 Å². The number of nitrogens with one attached hydrogen (secondary N) is 2. The van der Waals surface area contributed by atoms with Crippen molar-refractivity contribution in [2.45, 2.75) is 43.9 Å². The van der Waals surface area contributed by atoms with Crippen LogP contribution in [-0.2, 0) is 10.2 Å². The maximum Gasteiger partial charge on any atom is 0.230 e. The van der Waals surface area contributed by atoms with Crippen molar-refractivity contribution in [1.29, 1.82) is 0 Å². The molecule has 0 spiro atoms. The molecule has 0 aromatic heterocycles. The molecular formula is C18H26N2O.